The number of fused-ring (bicyclic) bond motifs is 6. The number of furan rings is 1. The van der Waals surface area contributed by atoms with Gasteiger partial charge in [-0.05, 0) is 35.4 Å². The van der Waals surface area contributed by atoms with Crippen LogP contribution in [0.2, 0.25) is 0 Å². The van der Waals surface area contributed by atoms with Crippen molar-refractivity contribution in [3.63, 3.8) is 0 Å². The first kappa shape index (κ1) is 24.9. The Bertz CT molecular complexity index is 2440. The van der Waals surface area contributed by atoms with Gasteiger partial charge >= 0.3 is 0 Å². The van der Waals surface area contributed by atoms with E-state index < -0.39 is 0 Å². The summed E-state index contributed by atoms with van der Waals surface area (Å²) < 4.78 is 9.10. The van der Waals surface area contributed by atoms with Crippen LogP contribution in [0.5, 0.6) is 0 Å². The van der Waals surface area contributed by atoms with E-state index in [-0.39, 0.29) is 0 Å². The second kappa shape index (κ2) is 9.97. The first-order valence-corrected chi connectivity index (χ1v) is 15.3. The average Bonchev–Trinajstić information content (AvgIpc) is 3.67. The van der Waals surface area contributed by atoms with Gasteiger partial charge in [-0.1, -0.05) is 115 Å². The molecule has 0 fully saturated rings. The summed E-state index contributed by atoms with van der Waals surface area (Å²) in [4.78, 5) is 14.9. The van der Waals surface area contributed by atoms with E-state index in [1.807, 2.05) is 84.1 Å². The maximum atomic E-state index is 6.51. The van der Waals surface area contributed by atoms with Crippen molar-refractivity contribution >= 4 is 53.4 Å². The van der Waals surface area contributed by atoms with Crippen molar-refractivity contribution in [1.29, 1.82) is 0 Å². The molecule has 3 aromatic heterocycles. The quantitative estimate of drug-likeness (QED) is 0.207. The molecule has 0 aliphatic carbocycles. The molecule has 0 atom stereocenters. The Morgan fingerprint density at radius 2 is 1.07 bits per heavy atom. The number of nitrogens with zero attached hydrogens (tertiary/aromatic N) is 3. The highest BCUT2D eigenvalue weighted by Crippen LogP contribution is 2.42. The highest BCUT2D eigenvalue weighted by molar-refractivity contribution is 7.26. The molecule has 0 aliphatic heterocycles. The van der Waals surface area contributed by atoms with Crippen LogP contribution in [0.1, 0.15) is 0 Å². The van der Waals surface area contributed by atoms with Gasteiger partial charge in [-0.25, -0.2) is 15.0 Å². The van der Waals surface area contributed by atoms with Crippen LogP contribution in [0.3, 0.4) is 0 Å². The molecular weight excluding hydrogens is 559 g/mol. The van der Waals surface area contributed by atoms with E-state index in [0.717, 1.165) is 44.2 Å². The van der Waals surface area contributed by atoms with E-state index in [1.165, 1.54) is 25.7 Å². The van der Waals surface area contributed by atoms with Gasteiger partial charge in [-0.15, -0.1) is 11.3 Å². The fourth-order valence-electron chi connectivity index (χ4n) is 6.08. The van der Waals surface area contributed by atoms with E-state index in [9.17, 15) is 0 Å². The van der Waals surface area contributed by atoms with Crippen LogP contribution in [0.4, 0.5) is 0 Å². The number of rotatable bonds is 4. The lowest BCUT2D eigenvalue weighted by Gasteiger charge is -2.09. The molecule has 5 heteroatoms. The van der Waals surface area contributed by atoms with Crippen LogP contribution in [-0.2, 0) is 0 Å². The summed E-state index contributed by atoms with van der Waals surface area (Å²) >= 11 is 1.84. The van der Waals surface area contributed by atoms with Gasteiger partial charge in [0.2, 0.25) is 0 Å². The highest BCUT2D eigenvalue weighted by Gasteiger charge is 2.19. The molecule has 3 heterocycles. The van der Waals surface area contributed by atoms with Crippen molar-refractivity contribution in [3.05, 3.63) is 140 Å². The van der Waals surface area contributed by atoms with Gasteiger partial charge in [0.05, 0.1) is 0 Å². The Morgan fingerprint density at radius 3 is 1.84 bits per heavy atom. The largest absolute Gasteiger partial charge is 0.456 e. The maximum absolute atomic E-state index is 6.51. The summed E-state index contributed by atoms with van der Waals surface area (Å²) in [6.45, 7) is 0. The smallest absolute Gasteiger partial charge is 0.164 e. The average molecular weight is 582 g/mol. The predicted molar refractivity (Wildman–Crippen MR) is 182 cm³/mol. The molecular formula is C39H23N3OS. The third-order valence-electron chi connectivity index (χ3n) is 8.15. The van der Waals surface area contributed by atoms with Crippen LogP contribution >= 0.6 is 11.3 Å². The van der Waals surface area contributed by atoms with Gasteiger partial charge in [0.25, 0.3) is 0 Å². The molecule has 9 rings (SSSR count). The lowest BCUT2D eigenvalue weighted by molar-refractivity contribution is 0.669. The van der Waals surface area contributed by atoms with Gasteiger partial charge in [-0.3, -0.25) is 0 Å². The number of thiophene rings is 1. The predicted octanol–water partition coefficient (Wildman–Crippen LogP) is 10.8. The Labute approximate surface area is 256 Å². The number of benzene rings is 6. The molecule has 0 radical (unpaired) electrons. The Morgan fingerprint density at radius 1 is 0.432 bits per heavy atom. The fraction of sp³-hybridized carbons (Fsp3) is 0. The summed E-state index contributed by atoms with van der Waals surface area (Å²) in [6.07, 6.45) is 0. The van der Waals surface area contributed by atoms with E-state index in [2.05, 4.69) is 66.7 Å². The second-order valence-electron chi connectivity index (χ2n) is 10.8. The maximum Gasteiger partial charge on any atom is 0.164 e. The third kappa shape index (κ3) is 4.02. The van der Waals surface area contributed by atoms with Crippen molar-refractivity contribution < 1.29 is 4.42 Å². The van der Waals surface area contributed by atoms with Crippen LogP contribution in [-0.4, -0.2) is 15.0 Å². The first-order valence-electron chi connectivity index (χ1n) is 14.5. The minimum absolute atomic E-state index is 0.616. The standard InChI is InChI=1S/C39H23N3OS/c1-3-11-24(12-4-1)37-40-38(25-13-5-2-6-14-25)42-39(41-37)31-18-10-19-32-35(31)30-22-21-26(23-33(30)43-32)27-16-9-17-29-28-15-7-8-20-34(28)44-36(27)29/h1-23H. The van der Waals surface area contributed by atoms with Crippen molar-refractivity contribution in [2.24, 2.45) is 0 Å². The van der Waals surface area contributed by atoms with Crippen molar-refractivity contribution in [2.45, 2.75) is 0 Å². The molecule has 0 aliphatic rings. The summed E-state index contributed by atoms with van der Waals surface area (Å²) in [5.74, 6) is 1.89. The highest BCUT2D eigenvalue weighted by atomic mass is 32.1. The van der Waals surface area contributed by atoms with Crippen LogP contribution < -0.4 is 0 Å². The fourth-order valence-corrected chi connectivity index (χ4v) is 7.32. The summed E-state index contributed by atoms with van der Waals surface area (Å²) in [5, 5.41) is 4.61. The Kier molecular flexibility index (Phi) is 5.64. The van der Waals surface area contributed by atoms with Gasteiger partial charge in [0.1, 0.15) is 11.2 Å². The molecule has 9 aromatic rings. The third-order valence-corrected chi connectivity index (χ3v) is 9.37. The van der Waals surface area contributed by atoms with E-state index in [4.69, 9.17) is 19.4 Å². The molecule has 0 saturated heterocycles. The van der Waals surface area contributed by atoms with Gasteiger partial charge in [0, 0.05) is 47.6 Å². The number of hydrogen-bond acceptors (Lipinski definition) is 5. The molecule has 4 nitrogen and oxygen atoms in total. The van der Waals surface area contributed by atoms with Crippen molar-refractivity contribution in [3.8, 4) is 45.3 Å². The van der Waals surface area contributed by atoms with Gasteiger partial charge < -0.3 is 4.42 Å². The molecule has 0 spiro atoms. The van der Waals surface area contributed by atoms with E-state index in [1.54, 1.807) is 0 Å². The zero-order chi connectivity index (χ0) is 29.0. The normalized spacial score (nSPS) is 11.6. The molecule has 44 heavy (non-hydrogen) atoms. The zero-order valence-corrected chi connectivity index (χ0v) is 24.3. The second-order valence-corrected chi connectivity index (χ2v) is 11.9. The van der Waals surface area contributed by atoms with Crippen molar-refractivity contribution in [2.75, 3.05) is 0 Å². The SMILES string of the molecule is c1ccc(-c2nc(-c3ccccc3)nc(-c3cccc4oc5cc(-c6cccc7c6sc6ccccc67)ccc5c34)n2)cc1. The van der Waals surface area contributed by atoms with Crippen LogP contribution in [0.15, 0.2) is 144 Å². The molecule has 206 valence electrons. The van der Waals surface area contributed by atoms with Crippen LogP contribution in [0, 0.1) is 0 Å². The minimum Gasteiger partial charge on any atom is -0.456 e. The molecule has 0 saturated carbocycles. The lowest BCUT2D eigenvalue weighted by atomic mass is 10.00. The zero-order valence-electron chi connectivity index (χ0n) is 23.4. The molecule has 0 unspecified atom stereocenters. The Hall–Kier alpha value is -5.65. The molecule has 0 bridgehead atoms. The monoisotopic (exact) mass is 581 g/mol. The lowest BCUT2D eigenvalue weighted by Crippen LogP contribution is -2.00. The van der Waals surface area contributed by atoms with E-state index in [0.29, 0.717) is 17.5 Å². The summed E-state index contributed by atoms with van der Waals surface area (Å²) in [7, 11) is 0. The van der Waals surface area contributed by atoms with Crippen LogP contribution in [0.25, 0.3) is 87.4 Å². The molecule has 6 aromatic carbocycles. The molecule has 0 N–H and O–H groups in total. The van der Waals surface area contributed by atoms with E-state index >= 15 is 0 Å². The summed E-state index contributed by atoms with van der Waals surface area (Å²) in [5.41, 5.74) is 6.78. The minimum atomic E-state index is 0.616. The Balaban J connectivity index is 1.24. The molecule has 0 amide bonds. The number of hydrogen-bond donors (Lipinski definition) is 0. The topological polar surface area (TPSA) is 51.8 Å². The van der Waals surface area contributed by atoms with Crippen molar-refractivity contribution in [1.82, 2.24) is 15.0 Å². The number of aromatic nitrogens is 3. The van der Waals surface area contributed by atoms with Gasteiger partial charge in [-0.2, -0.15) is 0 Å². The summed E-state index contributed by atoms with van der Waals surface area (Å²) in [6, 6.07) is 47.9. The first-order chi connectivity index (χ1) is 21.8. The van der Waals surface area contributed by atoms with Gasteiger partial charge in [0.15, 0.2) is 17.5 Å².